The lowest BCUT2D eigenvalue weighted by Gasteiger charge is -2.22. The van der Waals surface area contributed by atoms with Gasteiger partial charge in [-0.2, -0.15) is 9.37 Å². The molecule has 0 amide bonds. The molecule has 0 saturated heterocycles. The highest BCUT2D eigenvalue weighted by Gasteiger charge is 2.15. The molecule has 1 aromatic heterocycles. The second-order valence-electron chi connectivity index (χ2n) is 3.80. The molecule has 0 unspecified atom stereocenters. The molecular weight excluding hydrogens is 261 g/mol. The number of hydrogen-bond donors (Lipinski definition) is 0. The molecule has 15 heavy (non-hydrogen) atoms. The van der Waals surface area contributed by atoms with Gasteiger partial charge in [0.15, 0.2) is 0 Å². The predicted molar refractivity (Wildman–Crippen MR) is 59.4 cm³/mol. The lowest BCUT2D eigenvalue weighted by atomic mass is 9.98. The summed E-state index contributed by atoms with van der Waals surface area (Å²) in [7, 11) is 0. The van der Waals surface area contributed by atoms with Crippen LogP contribution in [0.1, 0.15) is 32.1 Å². The van der Waals surface area contributed by atoms with E-state index in [1.54, 1.807) is 12.1 Å². The maximum atomic E-state index is 13.1. The van der Waals surface area contributed by atoms with Gasteiger partial charge >= 0.3 is 0 Å². The van der Waals surface area contributed by atoms with Gasteiger partial charge in [0.1, 0.15) is 6.10 Å². The lowest BCUT2D eigenvalue weighted by Crippen LogP contribution is -2.20. The highest BCUT2D eigenvalue weighted by molar-refractivity contribution is 9.10. The van der Waals surface area contributed by atoms with E-state index in [-0.39, 0.29) is 6.10 Å². The normalized spacial score (nSPS) is 17.7. The molecule has 0 spiro atoms. The maximum absolute atomic E-state index is 13.1. The molecule has 0 aliphatic heterocycles. The van der Waals surface area contributed by atoms with Gasteiger partial charge in [0.2, 0.25) is 11.8 Å². The van der Waals surface area contributed by atoms with E-state index in [1.165, 1.54) is 19.3 Å². The molecule has 0 radical (unpaired) electrons. The van der Waals surface area contributed by atoms with Crippen molar-refractivity contribution in [2.45, 2.75) is 38.2 Å². The first kappa shape index (κ1) is 10.9. The van der Waals surface area contributed by atoms with Gasteiger partial charge in [0.05, 0.1) is 4.47 Å². The second-order valence-corrected chi connectivity index (χ2v) is 4.65. The van der Waals surface area contributed by atoms with Crippen molar-refractivity contribution in [3.05, 3.63) is 22.6 Å². The fourth-order valence-corrected chi connectivity index (χ4v) is 2.04. The van der Waals surface area contributed by atoms with Crippen LogP contribution in [0.5, 0.6) is 5.88 Å². The zero-order valence-corrected chi connectivity index (χ0v) is 9.96. The quantitative estimate of drug-likeness (QED) is 0.767. The van der Waals surface area contributed by atoms with Crippen LogP contribution in [0.2, 0.25) is 0 Å². The van der Waals surface area contributed by atoms with E-state index in [9.17, 15) is 4.39 Å². The number of rotatable bonds is 2. The Morgan fingerprint density at radius 1 is 1.27 bits per heavy atom. The van der Waals surface area contributed by atoms with Crippen LogP contribution in [-0.4, -0.2) is 11.1 Å². The lowest BCUT2D eigenvalue weighted by molar-refractivity contribution is 0.147. The molecule has 4 heteroatoms. The molecule has 1 aromatic rings. The molecule has 1 heterocycles. The number of pyridine rings is 1. The summed E-state index contributed by atoms with van der Waals surface area (Å²) in [6, 6.07) is 3.32. The summed E-state index contributed by atoms with van der Waals surface area (Å²) in [5, 5.41) is 0. The van der Waals surface area contributed by atoms with Gasteiger partial charge in [-0.1, -0.05) is 6.42 Å². The van der Waals surface area contributed by atoms with Gasteiger partial charge in [0.25, 0.3) is 0 Å². The predicted octanol–water partition coefficient (Wildman–Crippen LogP) is 3.69. The van der Waals surface area contributed by atoms with Crippen LogP contribution in [0.3, 0.4) is 0 Å². The Balaban J connectivity index is 2.00. The van der Waals surface area contributed by atoms with Crippen LogP contribution >= 0.6 is 15.9 Å². The van der Waals surface area contributed by atoms with Crippen LogP contribution in [0.15, 0.2) is 16.6 Å². The van der Waals surface area contributed by atoms with Crippen molar-refractivity contribution in [3.8, 4) is 5.88 Å². The molecule has 2 rings (SSSR count). The highest BCUT2D eigenvalue weighted by Crippen LogP contribution is 2.23. The summed E-state index contributed by atoms with van der Waals surface area (Å²) in [5.74, 6) is -0.120. The van der Waals surface area contributed by atoms with Crippen molar-refractivity contribution >= 4 is 15.9 Å². The van der Waals surface area contributed by atoms with E-state index < -0.39 is 5.95 Å². The van der Waals surface area contributed by atoms with Crippen LogP contribution < -0.4 is 4.74 Å². The topological polar surface area (TPSA) is 22.1 Å². The number of aromatic nitrogens is 1. The third-order valence-electron chi connectivity index (χ3n) is 2.62. The van der Waals surface area contributed by atoms with E-state index in [4.69, 9.17) is 4.74 Å². The minimum atomic E-state index is -0.511. The zero-order chi connectivity index (χ0) is 10.7. The minimum absolute atomic E-state index is 0.215. The molecule has 1 aliphatic carbocycles. The summed E-state index contributed by atoms with van der Waals surface area (Å²) in [5.41, 5.74) is 0. The Morgan fingerprint density at radius 3 is 2.67 bits per heavy atom. The molecule has 0 aromatic carbocycles. The molecule has 0 bridgehead atoms. The first-order valence-electron chi connectivity index (χ1n) is 5.24. The van der Waals surface area contributed by atoms with Gasteiger partial charge in [-0.25, -0.2) is 0 Å². The van der Waals surface area contributed by atoms with Gasteiger partial charge in [0, 0.05) is 6.07 Å². The molecule has 0 N–H and O–H groups in total. The highest BCUT2D eigenvalue weighted by atomic mass is 79.9. The Kier molecular flexibility index (Phi) is 3.57. The van der Waals surface area contributed by atoms with Gasteiger partial charge in [-0.3, -0.25) is 0 Å². The first-order valence-corrected chi connectivity index (χ1v) is 6.04. The average molecular weight is 274 g/mol. The smallest absolute Gasteiger partial charge is 0.230 e. The molecule has 82 valence electrons. The second kappa shape index (κ2) is 4.92. The van der Waals surface area contributed by atoms with Gasteiger partial charge in [-0.05, 0) is 47.7 Å². The molecule has 1 saturated carbocycles. The van der Waals surface area contributed by atoms with E-state index in [0.29, 0.717) is 10.4 Å². The van der Waals surface area contributed by atoms with Gasteiger partial charge in [-0.15, -0.1) is 0 Å². The van der Waals surface area contributed by atoms with Crippen molar-refractivity contribution in [3.63, 3.8) is 0 Å². The SMILES string of the molecule is Fc1nc(OC2CCCCC2)ccc1Br. The Morgan fingerprint density at radius 2 is 2.00 bits per heavy atom. The van der Waals surface area contributed by atoms with Crippen molar-refractivity contribution in [1.29, 1.82) is 0 Å². The molecule has 0 atom stereocenters. The standard InChI is InChI=1S/C11H13BrFNO/c12-9-6-7-10(14-11(9)13)15-8-4-2-1-3-5-8/h6-8H,1-5H2. The summed E-state index contributed by atoms with van der Waals surface area (Å²) in [6.45, 7) is 0. The zero-order valence-electron chi connectivity index (χ0n) is 8.38. The fraction of sp³-hybridized carbons (Fsp3) is 0.545. The Hall–Kier alpha value is -0.640. The first-order chi connectivity index (χ1) is 7.25. The summed E-state index contributed by atoms with van der Waals surface area (Å²) < 4.78 is 19.1. The minimum Gasteiger partial charge on any atom is -0.474 e. The molecular formula is C11H13BrFNO. The number of nitrogens with zero attached hydrogens (tertiary/aromatic N) is 1. The van der Waals surface area contributed by atoms with Crippen LogP contribution in [0, 0.1) is 5.95 Å². The number of hydrogen-bond acceptors (Lipinski definition) is 2. The monoisotopic (exact) mass is 273 g/mol. The van der Waals surface area contributed by atoms with Crippen molar-refractivity contribution in [2.24, 2.45) is 0 Å². The van der Waals surface area contributed by atoms with Crippen molar-refractivity contribution < 1.29 is 9.13 Å². The molecule has 1 aliphatic rings. The summed E-state index contributed by atoms with van der Waals surface area (Å²) in [4.78, 5) is 3.73. The number of ether oxygens (including phenoxy) is 1. The molecule has 1 fully saturated rings. The van der Waals surface area contributed by atoms with E-state index in [1.807, 2.05) is 0 Å². The van der Waals surface area contributed by atoms with Crippen LogP contribution in [0.4, 0.5) is 4.39 Å². The average Bonchev–Trinajstić information content (AvgIpc) is 2.25. The largest absolute Gasteiger partial charge is 0.474 e. The van der Waals surface area contributed by atoms with Crippen molar-refractivity contribution in [1.82, 2.24) is 4.98 Å². The third-order valence-corrected chi connectivity index (χ3v) is 3.21. The third kappa shape index (κ3) is 2.91. The fourth-order valence-electron chi connectivity index (χ4n) is 1.82. The maximum Gasteiger partial charge on any atom is 0.230 e. The van der Waals surface area contributed by atoms with E-state index >= 15 is 0 Å². The van der Waals surface area contributed by atoms with Gasteiger partial charge < -0.3 is 4.74 Å². The summed E-state index contributed by atoms with van der Waals surface area (Å²) in [6.07, 6.45) is 6.00. The Bertz CT molecular complexity index is 339. The van der Waals surface area contributed by atoms with Crippen LogP contribution in [-0.2, 0) is 0 Å². The Labute approximate surface area is 97.0 Å². The van der Waals surface area contributed by atoms with E-state index in [0.717, 1.165) is 12.8 Å². The molecule has 2 nitrogen and oxygen atoms in total. The summed E-state index contributed by atoms with van der Waals surface area (Å²) >= 11 is 3.06. The van der Waals surface area contributed by atoms with E-state index in [2.05, 4.69) is 20.9 Å². The van der Waals surface area contributed by atoms with Crippen molar-refractivity contribution in [2.75, 3.05) is 0 Å². The number of halogens is 2. The van der Waals surface area contributed by atoms with Crippen LogP contribution in [0.25, 0.3) is 0 Å².